The van der Waals surface area contributed by atoms with Gasteiger partial charge in [-0.2, -0.15) is 0 Å². The van der Waals surface area contributed by atoms with Crippen molar-refractivity contribution < 1.29 is 13.2 Å². The molecule has 8 heteroatoms. The number of hydrogen-bond donors (Lipinski definition) is 1. The minimum atomic E-state index is -3.93. The third kappa shape index (κ3) is 5.13. The highest BCUT2D eigenvalue weighted by Gasteiger charge is 2.20. The molecule has 1 aromatic carbocycles. The number of halogens is 3. The van der Waals surface area contributed by atoms with Gasteiger partial charge in [0.2, 0.25) is 5.91 Å². The molecule has 1 rings (SSSR count). The van der Waals surface area contributed by atoms with Crippen molar-refractivity contribution in [2.75, 3.05) is 5.32 Å². The van der Waals surface area contributed by atoms with E-state index in [-0.39, 0.29) is 38.4 Å². The standard InChI is InChI=1S/C12H14Cl3NO3S/c1-12(2,3)6-10(17)16-11-8(13)4-7(5-9(11)14)20(15,18)19/h4-5H,6H2,1-3H3,(H,16,17). The first-order valence-corrected chi connectivity index (χ1v) is 8.70. The number of carbonyl (C=O) groups excluding carboxylic acids is 1. The van der Waals surface area contributed by atoms with Gasteiger partial charge in [0.1, 0.15) is 0 Å². The van der Waals surface area contributed by atoms with Crippen molar-refractivity contribution in [1.29, 1.82) is 0 Å². The molecule has 1 amide bonds. The Hall–Kier alpha value is -0.490. The van der Waals surface area contributed by atoms with Crippen molar-refractivity contribution in [3.63, 3.8) is 0 Å². The smallest absolute Gasteiger partial charge is 0.261 e. The number of nitrogens with one attached hydrogen (secondary N) is 1. The number of rotatable bonds is 3. The molecule has 0 saturated heterocycles. The Morgan fingerprint density at radius 1 is 1.20 bits per heavy atom. The van der Waals surface area contributed by atoms with Gasteiger partial charge in [-0.05, 0) is 17.5 Å². The van der Waals surface area contributed by atoms with Crippen LogP contribution in [0.15, 0.2) is 17.0 Å². The lowest BCUT2D eigenvalue weighted by Crippen LogP contribution is -2.20. The Morgan fingerprint density at radius 3 is 2.00 bits per heavy atom. The second-order valence-electron chi connectivity index (χ2n) is 5.49. The summed E-state index contributed by atoms with van der Waals surface area (Å²) in [7, 11) is 1.28. The average molecular weight is 359 g/mol. The first-order chi connectivity index (χ1) is 8.90. The summed E-state index contributed by atoms with van der Waals surface area (Å²) in [5.41, 5.74) is -0.0192. The van der Waals surface area contributed by atoms with E-state index < -0.39 is 9.05 Å². The molecule has 0 aliphatic heterocycles. The van der Waals surface area contributed by atoms with Gasteiger partial charge in [-0.15, -0.1) is 0 Å². The van der Waals surface area contributed by atoms with Crippen LogP contribution in [0.25, 0.3) is 0 Å². The summed E-state index contributed by atoms with van der Waals surface area (Å²) in [6, 6.07) is 2.28. The maximum absolute atomic E-state index is 11.8. The highest BCUT2D eigenvalue weighted by Crippen LogP contribution is 2.35. The van der Waals surface area contributed by atoms with Gasteiger partial charge in [-0.3, -0.25) is 4.79 Å². The van der Waals surface area contributed by atoms with E-state index in [1.165, 1.54) is 0 Å². The normalized spacial score (nSPS) is 12.3. The Balaban J connectivity index is 3.07. The van der Waals surface area contributed by atoms with Gasteiger partial charge in [-0.1, -0.05) is 44.0 Å². The predicted molar refractivity (Wildman–Crippen MR) is 82.2 cm³/mol. The van der Waals surface area contributed by atoms with Crippen molar-refractivity contribution >= 4 is 54.5 Å². The largest absolute Gasteiger partial charge is 0.324 e. The van der Waals surface area contributed by atoms with Gasteiger partial charge in [-0.25, -0.2) is 8.42 Å². The maximum atomic E-state index is 11.8. The maximum Gasteiger partial charge on any atom is 0.261 e. The Bertz CT molecular complexity index is 613. The van der Waals surface area contributed by atoms with E-state index in [0.717, 1.165) is 12.1 Å². The van der Waals surface area contributed by atoms with Gasteiger partial charge in [0, 0.05) is 17.1 Å². The zero-order valence-corrected chi connectivity index (χ0v) is 14.2. The minimum Gasteiger partial charge on any atom is -0.324 e. The summed E-state index contributed by atoms with van der Waals surface area (Å²) in [5, 5.41) is 2.60. The first-order valence-electron chi connectivity index (χ1n) is 5.64. The average Bonchev–Trinajstić information content (AvgIpc) is 2.19. The predicted octanol–water partition coefficient (Wildman–Crippen LogP) is 4.30. The van der Waals surface area contributed by atoms with Crippen LogP contribution >= 0.6 is 33.9 Å². The van der Waals surface area contributed by atoms with Crippen LogP contribution in [0.1, 0.15) is 27.2 Å². The number of benzene rings is 1. The van der Waals surface area contributed by atoms with E-state index >= 15 is 0 Å². The quantitative estimate of drug-likeness (QED) is 0.820. The van der Waals surface area contributed by atoms with E-state index in [9.17, 15) is 13.2 Å². The summed E-state index contributed by atoms with van der Waals surface area (Å²) in [4.78, 5) is 11.6. The van der Waals surface area contributed by atoms with E-state index in [1.807, 2.05) is 20.8 Å². The van der Waals surface area contributed by atoms with Crippen molar-refractivity contribution in [3.8, 4) is 0 Å². The van der Waals surface area contributed by atoms with Crippen LogP contribution in [0.3, 0.4) is 0 Å². The molecule has 0 unspecified atom stereocenters. The van der Waals surface area contributed by atoms with Crippen LogP contribution in [0.2, 0.25) is 10.0 Å². The fourth-order valence-corrected chi connectivity index (χ4v) is 2.97. The molecule has 0 spiro atoms. The fourth-order valence-electron chi connectivity index (χ4n) is 1.48. The zero-order valence-electron chi connectivity index (χ0n) is 11.1. The molecule has 0 aliphatic rings. The molecule has 0 aromatic heterocycles. The first kappa shape index (κ1) is 17.6. The van der Waals surface area contributed by atoms with Crippen molar-refractivity contribution in [1.82, 2.24) is 0 Å². The topological polar surface area (TPSA) is 63.2 Å². The lowest BCUT2D eigenvalue weighted by molar-refractivity contribution is -0.117. The summed E-state index contributed by atoms with van der Waals surface area (Å²) in [6.45, 7) is 5.75. The van der Waals surface area contributed by atoms with Crippen LogP contribution in [-0.4, -0.2) is 14.3 Å². The van der Waals surface area contributed by atoms with Gasteiger partial charge < -0.3 is 5.32 Å². The van der Waals surface area contributed by atoms with Crippen molar-refractivity contribution in [3.05, 3.63) is 22.2 Å². The Labute approximate surface area is 132 Å². The van der Waals surface area contributed by atoms with E-state index in [0.29, 0.717) is 0 Å². The molecular weight excluding hydrogens is 345 g/mol. The summed E-state index contributed by atoms with van der Waals surface area (Å²) in [6.07, 6.45) is 0.273. The van der Waals surface area contributed by atoms with Crippen LogP contribution in [0.4, 0.5) is 5.69 Å². The van der Waals surface area contributed by atoms with E-state index in [4.69, 9.17) is 33.9 Å². The van der Waals surface area contributed by atoms with Crippen LogP contribution in [0.5, 0.6) is 0 Å². The van der Waals surface area contributed by atoms with Gasteiger partial charge in [0.25, 0.3) is 9.05 Å². The molecule has 0 atom stereocenters. The zero-order chi connectivity index (χ0) is 15.7. The van der Waals surface area contributed by atoms with Crippen molar-refractivity contribution in [2.24, 2.45) is 5.41 Å². The molecule has 4 nitrogen and oxygen atoms in total. The van der Waals surface area contributed by atoms with E-state index in [1.54, 1.807) is 0 Å². The molecule has 1 N–H and O–H groups in total. The third-order valence-corrected chi connectivity index (χ3v) is 4.18. The SMILES string of the molecule is CC(C)(C)CC(=O)Nc1c(Cl)cc(S(=O)(=O)Cl)cc1Cl. The highest BCUT2D eigenvalue weighted by molar-refractivity contribution is 8.13. The van der Waals surface area contributed by atoms with Gasteiger partial charge >= 0.3 is 0 Å². The third-order valence-electron chi connectivity index (χ3n) is 2.25. The number of carbonyl (C=O) groups is 1. The Kier molecular flexibility index (Phi) is 5.35. The van der Waals surface area contributed by atoms with E-state index in [2.05, 4.69) is 5.32 Å². The van der Waals surface area contributed by atoms with Crippen LogP contribution < -0.4 is 5.32 Å². The molecule has 112 valence electrons. The summed E-state index contributed by atoms with van der Waals surface area (Å²) in [5.74, 6) is -0.261. The van der Waals surface area contributed by atoms with Crippen LogP contribution in [0, 0.1) is 5.41 Å². The number of amides is 1. The minimum absolute atomic E-state index is 0.0129. The Morgan fingerprint density at radius 2 is 1.65 bits per heavy atom. The lowest BCUT2D eigenvalue weighted by atomic mass is 9.92. The van der Waals surface area contributed by atoms with Crippen LogP contribution in [-0.2, 0) is 13.8 Å². The molecule has 0 aliphatic carbocycles. The number of anilines is 1. The molecule has 0 heterocycles. The molecule has 0 fully saturated rings. The number of hydrogen-bond acceptors (Lipinski definition) is 3. The molecule has 20 heavy (non-hydrogen) atoms. The second-order valence-corrected chi connectivity index (χ2v) is 8.87. The fraction of sp³-hybridized carbons (Fsp3) is 0.417. The molecular formula is C12H14Cl3NO3S. The summed E-state index contributed by atoms with van der Waals surface area (Å²) < 4.78 is 22.4. The molecule has 0 saturated carbocycles. The monoisotopic (exact) mass is 357 g/mol. The highest BCUT2D eigenvalue weighted by atomic mass is 35.7. The second kappa shape index (κ2) is 6.10. The molecule has 1 aromatic rings. The molecule has 0 bridgehead atoms. The van der Waals surface area contributed by atoms with Crippen molar-refractivity contribution in [2.45, 2.75) is 32.1 Å². The lowest BCUT2D eigenvalue weighted by Gasteiger charge is -2.18. The van der Waals surface area contributed by atoms with Gasteiger partial charge in [0.05, 0.1) is 20.6 Å². The molecule has 0 radical (unpaired) electrons. The summed E-state index contributed by atoms with van der Waals surface area (Å²) >= 11 is 11.9. The van der Waals surface area contributed by atoms with Gasteiger partial charge in [0.15, 0.2) is 0 Å².